The summed E-state index contributed by atoms with van der Waals surface area (Å²) in [5.41, 5.74) is 2.62. The molecule has 1 aliphatic heterocycles. The Morgan fingerprint density at radius 3 is 1.74 bits per heavy atom. The molecule has 212 valence electrons. The molecule has 1 amide bonds. The van der Waals surface area contributed by atoms with Crippen molar-refractivity contribution in [3.63, 3.8) is 0 Å². The molecule has 2 aromatic rings. The molecule has 1 saturated heterocycles. The third kappa shape index (κ3) is 9.34. The molecule has 0 spiro atoms. The van der Waals surface area contributed by atoms with E-state index < -0.39 is 17.7 Å². The van der Waals surface area contributed by atoms with Crippen LogP contribution in [-0.2, 0) is 9.59 Å². The number of unbranched alkanes of at least 4 members (excludes halogenated alkanes) is 13. The first kappa shape index (κ1) is 31.1. The number of Topliss-reactive ketones (excluding diaryl/α,β-unsaturated/α-hetero) is 1. The van der Waals surface area contributed by atoms with Crippen LogP contribution in [-0.4, -0.2) is 28.2 Å². The minimum absolute atomic E-state index is 0.107. The summed E-state index contributed by atoms with van der Waals surface area (Å²) >= 11 is 3.47. The maximum Gasteiger partial charge on any atom is 0.295 e. The average molecular weight is 597 g/mol. The highest BCUT2D eigenvalue weighted by Crippen LogP contribution is 2.40. The third-order valence-electron chi connectivity index (χ3n) is 7.80. The molecule has 0 unspecified atom stereocenters. The van der Waals surface area contributed by atoms with E-state index in [0.717, 1.165) is 34.9 Å². The van der Waals surface area contributed by atoms with E-state index in [1.54, 1.807) is 17.0 Å². The van der Waals surface area contributed by atoms with Crippen molar-refractivity contribution in [2.24, 2.45) is 0 Å². The Morgan fingerprint density at radius 1 is 0.744 bits per heavy atom. The van der Waals surface area contributed by atoms with Crippen LogP contribution in [0.25, 0.3) is 5.76 Å². The van der Waals surface area contributed by atoms with Gasteiger partial charge in [0.05, 0.1) is 11.6 Å². The lowest BCUT2D eigenvalue weighted by atomic mass is 9.95. The number of carbonyl (C=O) groups excluding carboxylic acids is 2. The number of hydrogen-bond acceptors (Lipinski definition) is 3. The molecule has 2 aromatic carbocycles. The van der Waals surface area contributed by atoms with Gasteiger partial charge in [0.15, 0.2) is 0 Å². The van der Waals surface area contributed by atoms with Crippen LogP contribution in [0, 0.1) is 6.92 Å². The van der Waals surface area contributed by atoms with E-state index in [0.29, 0.717) is 12.1 Å². The molecular formula is C34H46BrNO3. The van der Waals surface area contributed by atoms with Crippen LogP contribution in [0.4, 0.5) is 0 Å². The van der Waals surface area contributed by atoms with E-state index in [9.17, 15) is 14.7 Å². The number of aryl methyl sites for hydroxylation is 1. The fourth-order valence-corrected chi connectivity index (χ4v) is 5.71. The Morgan fingerprint density at radius 2 is 1.23 bits per heavy atom. The SMILES string of the molecule is CCCCCCCCCCCCCCCCN1C(=O)C(=O)/C(=C(/O)c2ccc(C)cc2)[C@H]1c1ccc(Br)cc1. The first-order chi connectivity index (χ1) is 18.9. The van der Waals surface area contributed by atoms with Gasteiger partial charge in [0.25, 0.3) is 11.7 Å². The zero-order valence-corrected chi connectivity index (χ0v) is 25.5. The zero-order valence-electron chi connectivity index (χ0n) is 23.9. The summed E-state index contributed by atoms with van der Waals surface area (Å²) in [5, 5.41) is 11.2. The number of carbonyl (C=O) groups is 2. The minimum atomic E-state index is -0.605. The van der Waals surface area contributed by atoms with Gasteiger partial charge in [-0.05, 0) is 31.0 Å². The van der Waals surface area contributed by atoms with Gasteiger partial charge in [-0.3, -0.25) is 9.59 Å². The van der Waals surface area contributed by atoms with Gasteiger partial charge < -0.3 is 10.0 Å². The monoisotopic (exact) mass is 595 g/mol. The molecule has 1 fully saturated rings. The first-order valence-corrected chi connectivity index (χ1v) is 15.8. The van der Waals surface area contributed by atoms with Gasteiger partial charge in [-0.25, -0.2) is 0 Å². The molecule has 39 heavy (non-hydrogen) atoms. The van der Waals surface area contributed by atoms with E-state index in [2.05, 4.69) is 22.9 Å². The van der Waals surface area contributed by atoms with E-state index in [1.807, 2.05) is 43.3 Å². The van der Waals surface area contributed by atoms with Crippen LogP contribution >= 0.6 is 15.9 Å². The van der Waals surface area contributed by atoms with E-state index in [4.69, 9.17) is 0 Å². The van der Waals surface area contributed by atoms with E-state index >= 15 is 0 Å². The lowest BCUT2D eigenvalue weighted by Crippen LogP contribution is -2.30. The normalized spacial score (nSPS) is 16.8. The molecule has 0 radical (unpaired) electrons. The van der Waals surface area contributed by atoms with Crippen LogP contribution in [0.3, 0.4) is 0 Å². The number of hydrogen-bond donors (Lipinski definition) is 1. The van der Waals surface area contributed by atoms with Crippen molar-refractivity contribution in [2.75, 3.05) is 6.54 Å². The number of amides is 1. The molecular weight excluding hydrogens is 550 g/mol. The van der Waals surface area contributed by atoms with Crippen LogP contribution in [0.2, 0.25) is 0 Å². The first-order valence-electron chi connectivity index (χ1n) is 15.0. The summed E-state index contributed by atoms with van der Waals surface area (Å²) in [6.45, 7) is 4.75. The maximum absolute atomic E-state index is 13.2. The molecule has 1 N–H and O–H groups in total. The van der Waals surface area contributed by atoms with Crippen molar-refractivity contribution in [3.05, 3.63) is 75.3 Å². The number of benzene rings is 2. The summed E-state index contributed by atoms with van der Waals surface area (Å²) in [6.07, 6.45) is 17.8. The van der Waals surface area contributed by atoms with E-state index in [1.165, 1.54) is 70.6 Å². The summed E-state index contributed by atoms with van der Waals surface area (Å²) in [6, 6.07) is 14.5. The van der Waals surface area contributed by atoms with Gasteiger partial charge in [0, 0.05) is 16.6 Å². The summed E-state index contributed by atoms with van der Waals surface area (Å²) in [5.74, 6) is -1.23. The molecule has 1 aliphatic rings. The lowest BCUT2D eigenvalue weighted by molar-refractivity contribution is -0.139. The van der Waals surface area contributed by atoms with Gasteiger partial charge >= 0.3 is 0 Å². The Hall–Kier alpha value is -2.40. The topological polar surface area (TPSA) is 57.6 Å². The van der Waals surface area contributed by atoms with E-state index in [-0.39, 0.29) is 11.3 Å². The standard InChI is InChI=1S/C34H46BrNO3/c1-3-4-5-6-7-8-9-10-11-12-13-14-15-16-25-36-31(27-21-23-29(35)24-22-27)30(33(38)34(36)39)32(37)28-19-17-26(2)18-20-28/h17-24,31,37H,3-16,25H2,1-2H3/b32-30+/t31-/m1/s1. The fourth-order valence-electron chi connectivity index (χ4n) is 5.45. The number of ketones is 1. The Bertz CT molecular complexity index is 1070. The Kier molecular flexibility index (Phi) is 13.3. The number of likely N-dealkylation sites (tertiary alicyclic amines) is 1. The highest BCUT2D eigenvalue weighted by Gasteiger charge is 2.45. The van der Waals surface area contributed by atoms with Gasteiger partial charge in [-0.1, -0.05) is 148 Å². The molecule has 3 rings (SSSR count). The predicted octanol–water partition coefficient (Wildman–Crippen LogP) is 9.66. The maximum atomic E-state index is 13.2. The number of aliphatic hydroxyl groups excluding tert-OH is 1. The quantitative estimate of drug-likeness (QED) is 0.0856. The lowest BCUT2D eigenvalue weighted by Gasteiger charge is -2.25. The molecule has 1 heterocycles. The predicted molar refractivity (Wildman–Crippen MR) is 165 cm³/mol. The highest BCUT2D eigenvalue weighted by molar-refractivity contribution is 9.10. The van der Waals surface area contributed by atoms with Crippen molar-refractivity contribution < 1.29 is 14.7 Å². The van der Waals surface area contributed by atoms with Gasteiger partial charge in [-0.2, -0.15) is 0 Å². The largest absolute Gasteiger partial charge is 0.507 e. The van der Waals surface area contributed by atoms with Crippen LogP contribution in [0.5, 0.6) is 0 Å². The van der Waals surface area contributed by atoms with Crippen LogP contribution < -0.4 is 0 Å². The fraction of sp³-hybridized carbons (Fsp3) is 0.529. The molecule has 0 bridgehead atoms. The van der Waals surface area contributed by atoms with Crippen molar-refractivity contribution >= 4 is 33.4 Å². The smallest absolute Gasteiger partial charge is 0.295 e. The van der Waals surface area contributed by atoms with Crippen molar-refractivity contribution in [2.45, 2.75) is 110 Å². The van der Waals surface area contributed by atoms with Gasteiger partial charge in [0.2, 0.25) is 0 Å². The Labute approximate surface area is 244 Å². The van der Waals surface area contributed by atoms with Crippen molar-refractivity contribution in [3.8, 4) is 0 Å². The third-order valence-corrected chi connectivity index (χ3v) is 8.33. The van der Waals surface area contributed by atoms with Crippen LogP contribution in [0.1, 0.15) is 120 Å². The second-order valence-corrected chi connectivity index (χ2v) is 11.9. The second kappa shape index (κ2) is 16.6. The van der Waals surface area contributed by atoms with Gasteiger partial charge in [0.1, 0.15) is 5.76 Å². The molecule has 5 heteroatoms. The summed E-state index contributed by atoms with van der Waals surface area (Å²) < 4.78 is 0.925. The average Bonchev–Trinajstić information content (AvgIpc) is 3.18. The van der Waals surface area contributed by atoms with Crippen molar-refractivity contribution in [1.29, 1.82) is 0 Å². The van der Waals surface area contributed by atoms with Crippen molar-refractivity contribution in [1.82, 2.24) is 4.90 Å². The molecule has 0 aliphatic carbocycles. The zero-order chi connectivity index (χ0) is 28.0. The van der Waals surface area contributed by atoms with Gasteiger partial charge in [-0.15, -0.1) is 0 Å². The number of halogens is 1. The molecule has 0 saturated carbocycles. The Balaban J connectivity index is 1.52. The van der Waals surface area contributed by atoms with Crippen LogP contribution in [0.15, 0.2) is 58.6 Å². The number of nitrogens with zero attached hydrogens (tertiary/aromatic N) is 1. The summed E-state index contributed by atoms with van der Waals surface area (Å²) in [7, 11) is 0. The number of rotatable bonds is 17. The highest BCUT2D eigenvalue weighted by atomic mass is 79.9. The second-order valence-electron chi connectivity index (χ2n) is 11.0. The molecule has 1 atom stereocenters. The number of aliphatic hydroxyl groups is 1. The minimum Gasteiger partial charge on any atom is -0.507 e. The molecule has 0 aromatic heterocycles. The molecule has 4 nitrogen and oxygen atoms in total. The summed E-state index contributed by atoms with van der Waals surface area (Å²) in [4.78, 5) is 28.0.